The minimum absolute atomic E-state index is 0.0768. The average Bonchev–Trinajstić information content (AvgIpc) is 2.29. The first-order valence-electron chi connectivity index (χ1n) is 5.42. The SMILES string of the molecule is C=CC(=O)N[C@H]1CCCc2ccc(Cl)cc21. The van der Waals surface area contributed by atoms with Crippen LogP contribution in [-0.2, 0) is 11.2 Å². The molecule has 0 unspecified atom stereocenters. The Morgan fingerprint density at radius 1 is 1.56 bits per heavy atom. The van der Waals surface area contributed by atoms with Crippen LogP contribution >= 0.6 is 11.6 Å². The predicted octanol–water partition coefficient (Wildman–Crippen LogP) is 3.02. The molecule has 0 saturated carbocycles. The molecule has 2 rings (SSSR count). The Morgan fingerprint density at radius 2 is 2.38 bits per heavy atom. The van der Waals surface area contributed by atoms with E-state index in [4.69, 9.17) is 11.6 Å². The average molecular weight is 236 g/mol. The molecule has 1 aromatic carbocycles. The smallest absolute Gasteiger partial charge is 0.243 e. The summed E-state index contributed by atoms with van der Waals surface area (Å²) in [6.45, 7) is 3.46. The van der Waals surface area contributed by atoms with E-state index in [1.54, 1.807) is 0 Å². The van der Waals surface area contributed by atoms with E-state index in [1.807, 2.05) is 18.2 Å². The zero-order valence-corrected chi connectivity index (χ0v) is 9.76. The van der Waals surface area contributed by atoms with Crippen molar-refractivity contribution in [2.45, 2.75) is 25.3 Å². The third-order valence-electron chi connectivity index (χ3n) is 2.92. The first kappa shape index (κ1) is 11.2. The Balaban J connectivity index is 2.28. The van der Waals surface area contributed by atoms with Crippen LogP contribution < -0.4 is 5.32 Å². The number of halogens is 1. The number of fused-ring (bicyclic) bond motifs is 1. The van der Waals surface area contributed by atoms with Crippen LogP contribution in [0.4, 0.5) is 0 Å². The molecule has 1 aromatic rings. The molecule has 0 aromatic heterocycles. The molecular formula is C13H14ClNO. The van der Waals surface area contributed by atoms with E-state index in [0.717, 1.165) is 29.8 Å². The third-order valence-corrected chi connectivity index (χ3v) is 3.16. The van der Waals surface area contributed by atoms with Crippen molar-refractivity contribution >= 4 is 17.5 Å². The van der Waals surface area contributed by atoms with Gasteiger partial charge in [-0.1, -0.05) is 24.2 Å². The number of benzene rings is 1. The maximum Gasteiger partial charge on any atom is 0.243 e. The monoisotopic (exact) mass is 235 g/mol. The van der Waals surface area contributed by atoms with E-state index < -0.39 is 0 Å². The van der Waals surface area contributed by atoms with E-state index in [1.165, 1.54) is 11.6 Å². The molecule has 1 atom stereocenters. The lowest BCUT2D eigenvalue weighted by atomic mass is 9.88. The lowest BCUT2D eigenvalue weighted by molar-refractivity contribution is -0.117. The number of hydrogen-bond acceptors (Lipinski definition) is 1. The molecule has 0 heterocycles. The van der Waals surface area contributed by atoms with E-state index in [-0.39, 0.29) is 11.9 Å². The maximum absolute atomic E-state index is 11.3. The summed E-state index contributed by atoms with van der Waals surface area (Å²) in [6, 6.07) is 5.97. The molecule has 0 spiro atoms. The molecule has 2 nitrogen and oxygen atoms in total. The van der Waals surface area contributed by atoms with Crippen LogP contribution in [0.5, 0.6) is 0 Å². The van der Waals surface area contributed by atoms with Crippen molar-refractivity contribution in [3.8, 4) is 0 Å². The van der Waals surface area contributed by atoms with Gasteiger partial charge in [0.1, 0.15) is 0 Å². The number of aryl methyl sites for hydroxylation is 1. The van der Waals surface area contributed by atoms with Crippen molar-refractivity contribution in [3.05, 3.63) is 47.0 Å². The van der Waals surface area contributed by atoms with Gasteiger partial charge in [-0.25, -0.2) is 0 Å². The first-order chi connectivity index (χ1) is 7.70. The van der Waals surface area contributed by atoms with Crippen molar-refractivity contribution < 1.29 is 4.79 Å². The Labute approximate surface area is 100 Å². The van der Waals surface area contributed by atoms with E-state index in [2.05, 4.69) is 11.9 Å². The molecule has 0 radical (unpaired) electrons. The molecule has 1 aliphatic rings. The second-order valence-corrected chi connectivity index (χ2v) is 4.44. The van der Waals surface area contributed by atoms with Crippen LogP contribution in [0.1, 0.15) is 30.0 Å². The molecule has 84 valence electrons. The highest BCUT2D eigenvalue weighted by Gasteiger charge is 2.21. The summed E-state index contributed by atoms with van der Waals surface area (Å²) in [4.78, 5) is 11.3. The van der Waals surface area contributed by atoms with Gasteiger partial charge in [0, 0.05) is 5.02 Å². The van der Waals surface area contributed by atoms with Crippen LogP contribution in [0.15, 0.2) is 30.9 Å². The van der Waals surface area contributed by atoms with Gasteiger partial charge >= 0.3 is 0 Å². The summed E-state index contributed by atoms with van der Waals surface area (Å²) in [5, 5.41) is 3.66. The minimum Gasteiger partial charge on any atom is -0.346 e. The summed E-state index contributed by atoms with van der Waals surface area (Å²) in [6.07, 6.45) is 4.43. The number of amides is 1. The van der Waals surface area contributed by atoms with Gasteiger partial charge in [-0.3, -0.25) is 4.79 Å². The standard InChI is InChI=1S/C13H14ClNO/c1-2-13(16)15-12-5-3-4-9-6-7-10(14)8-11(9)12/h2,6-8,12H,1,3-5H2,(H,15,16)/t12-/m0/s1. The summed E-state index contributed by atoms with van der Waals surface area (Å²) in [5.74, 6) is -0.127. The Bertz CT molecular complexity index is 428. The van der Waals surface area contributed by atoms with Crippen molar-refractivity contribution in [1.29, 1.82) is 0 Å². The largest absolute Gasteiger partial charge is 0.346 e. The van der Waals surface area contributed by atoms with Crippen LogP contribution in [0.25, 0.3) is 0 Å². The quantitative estimate of drug-likeness (QED) is 0.785. The highest BCUT2D eigenvalue weighted by Crippen LogP contribution is 2.31. The van der Waals surface area contributed by atoms with Crippen LogP contribution in [0.3, 0.4) is 0 Å². The molecule has 0 aliphatic heterocycles. The van der Waals surface area contributed by atoms with Gasteiger partial charge in [0.2, 0.25) is 5.91 Å². The third kappa shape index (κ3) is 2.27. The number of nitrogens with one attached hydrogen (secondary N) is 1. The summed E-state index contributed by atoms with van der Waals surface area (Å²) < 4.78 is 0. The van der Waals surface area contributed by atoms with E-state index in [9.17, 15) is 4.79 Å². The number of carbonyl (C=O) groups is 1. The lowest BCUT2D eigenvalue weighted by Gasteiger charge is -2.26. The van der Waals surface area contributed by atoms with Gasteiger partial charge in [-0.2, -0.15) is 0 Å². The Kier molecular flexibility index (Phi) is 3.30. The first-order valence-corrected chi connectivity index (χ1v) is 5.80. The zero-order valence-electron chi connectivity index (χ0n) is 9.00. The minimum atomic E-state index is -0.127. The number of rotatable bonds is 2. The van der Waals surface area contributed by atoms with Gasteiger partial charge in [0.05, 0.1) is 6.04 Å². The summed E-state index contributed by atoms with van der Waals surface area (Å²) in [5.41, 5.74) is 2.43. The summed E-state index contributed by atoms with van der Waals surface area (Å²) >= 11 is 5.98. The molecule has 0 bridgehead atoms. The van der Waals surface area contributed by atoms with Crippen molar-refractivity contribution in [2.24, 2.45) is 0 Å². The fourth-order valence-electron chi connectivity index (χ4n) is 2.15. The second kappa shape index (κ2) is 4.71. The molecule has 0 saturated heterocycles. The van der Waals surface area contributed by atoms with Crippen molar-refractivity contribution in [3.63, 3.8) is 0 Å². The van der Waals surface area contributed by atoms with Crippen LogP contribution in [0, 0.1) is 0 Å². The van der Waals surface area contributed by atoms with Crippen LogP contribution in [0.2, 0.25) is 5.02 Å². The van der Waals surface area contributed by atoms with Gasteiger partial charge < -0.3 is 5.32 Å². The Morgan fingerprint density at radius 3 is 3.12 bits per heavy atom. The number of hydrogen-bond donors (Lipinski definition) is 1. The fourth-order valence-corrected chi connectivity index (χ4v) is 2.33. The predicted molar refractivity (Wildman–Crippen MR) is 65.5 cm³/mol. The molecule has 3 heteroatoms. The van der Waals surface area contributed by atoms with E-state index >= 15 is 0 Å². The zero-order chi connectivity index (χ0) is 11.5. The number of carbonyl (C=O) groups excluding carboxylic acids is 1. The fraction of sp³-hybridized carbons (Fsp3) is 0.308. The maximum atomic E-state index is 11.3. The summed E-state index contributed by atoms with van der Waals surface area (Å²) in [7, 11) is 0. The second-order valence-electron chi connectivity index (χ2n) is 4.00. The highest BCUT2D eigenvalue weighted by atomic mass is 35.5. The normalized spacial score (nSPS) is 18.7. The molecule has 1 aliphatic carbocycles. The van der Waals surface area contributed by atoms with Crippen molar-refractivity contribution in [2.75, 3.05) is 0 Å². The van der Waals surface area contributed by atoms with Crippen molar-refractivity contribution in [1.82, 2.24) is 5.32 Å². The molecule has 1 amide bonds. The van der Waals surface area contributed by atoms with Gasteiger partial charge in [0.15, 0.2) is 0 Å². The van der Waals surface area contributed by atoms with E-state index in [0.29, 0.717) is 0 Å². The molecule has 0 fully saturated rings. The topological polar surface area (TPSA) is 29.1 Å². The highest BCUT2D eigenvalue weighted by molar-refractivity contribution is 6.30. The van der Waals surface area contributed by atoms with Gasteiger partial charge in [-0.05, 0) is 48.6 Å². The lowest BCUT2D eigenvalue weighted by Crippen LogP contribution is -2.29. The Hall–Kier alpha value is -1.28. The molecule has 16 heavy (non-hydrogen) atoms. The van der Waals surface area contributed by atoms with Gasteiger partial charge in [0.25, 0.3) is 0 Å². The molecular weight excluding hydrogens is 222 g/mol. The van der Waals surface area contributed by atoms with Crippen LogP contribution in [-0.4, -0.2) is 5.91 Å². The van der Waals surface area contributed by atoms with Gasteiger partial charge in [-0.15, -0.1) is 0 Å². The molecule has 1 N–H and O–H groups in total.